The molecule has 0 spiro atoms. The van der Waals surface area contributed by atoms with Crippen LogP contribution in [0.5, 0.6) is 5.75 Å². The van der Waals surface area contributed by atoms with Crippen molar-refractivity contribution in [2.75, 3.05) is 13.2 Å². The van der Waals surface area contributed by atoms with Gasteiger partial charge in [-0.05, 0) is 42.0 Å². The van der Waals surface area contributed by atoms with Crippen LogP contribution in [0.4, 0.5) is 0 Å². The quantitative estimate of drug-likeness (QED) is 0.356. The maximum Gasteiger partial charge on any atom is 0.242 e. The van der Waals surface area contributed by atoms with Crippen molar-refractivity contribution in [3.63, 3.8) is 0 Å². The summed E-state index contributed by atoms with van der Waals surface area (Å²) in [5, 5.41) is 14.5. The number of hydrogen-bond acceptors (Lipinski definition) is 5. The summed E-state index contributed by atoms with van der Waals surface area (Å²) in [6.07, 6.45) is 1.31. The van der Waals surface area contributed by atoms with Crippen molar-refractivity contribution in [1.82, 2.24) is 10.6 Å². The third-order valence-electron chi connectivity index (χ3n) is 4.94. The van der Waals surface area contributed by atoms with Crippen LogP contribution in [0.25, 0.3) is 0 Å². The lowest BCUT2D eigenvalue weighted by atomic mass is 10.0. The Morgan fingerprint density at radius 1 is 1.00 bits per heavy atom. The van der Waals surface area contributed by atoms with E-state index < -0.39 is 12.1 Å². The average Bonchev–Trinajstić information content (AvgIpc) is 2.78. The summed E-state index contributed by atoms with van der Waals surface area (Å²) >= 11 is 0. The second kappa shape index (κ2) is 13.5. The van der Waals surface area contributed by atoms with Gasteiger partial charge >= 0.3 is 0 Å². The zero-order chi connectivity index (χ0) is 23.3. The average molecular weight is 442 g/mol. The molecule has 5 N–H and O–H groups in total. The minimum atomic E-state index is -0.754. The monoisotopic (exact) mass is 441 g/mol. The molecule has 0 fully saturated rings. The van der Waals surface area contributed by atoms with Crippen LogP contribution in [-0.4, -0.2) is 42.2 Å². The molecule has 7 heteroatoms. The van der Waals surface area contributed by atoms with Gasteiger partial charge in [-0.15, -0.1) is 0 Å². The largest absolute Gasteiger partial charge is 0.489 e. The zero-order valence-corrected chi connectivity index (χ0v) is 18.9. The van der Waals surface area contributed by atoms with E-state index in [0.29, 0.717) is 32.4 Å². The highest BCUT2D eigenvalue weighted by Gasteiger charge is 2.24. The van der Waals surface area contributed by atoms with E-state index in [-0.39, 0.29) is 24.3 Å². The highest BCUT2D eigenvalue weighted by atomic mass is 16.5. The van der Waals surface area contributed by atoms with Gasteiger partial charge in [0, 0.05) is 19.6 Å². The Morgan fingerprint density at radius 3 is 2.31 bits per heavy atom. The van der Waals surface area contributed by atoms with Gasteiger partial charge in [-0.1, -0.05) is 56.3 Å². The lowest BCUT2D eigenvalue weighted by molar-refractivity contribution is -0.129. The number of nitrogens with one attached hydrogen (secondary N) is 2. The van der Waals surface area contributed by atoms with Crippen LogP contribution in [0.15, 0.2) is 54.6 Å². The summed E-state index contributed by atoms with van der Waals surface area (Å²) < 4.78 is 5.81. The van der Waals surface area contributed by atoms with Crippen molar-refractivity contribution < 1.29 is 19.4 Å². The van der Waals surface area contributed by atoms with Gasteiger partial charge in [0.15, 0.2) is 0 Å². The van der Waals surface area contributed by atoms with E-state index in [1.165, 1.54) is 0 Å². The molecule has 7 nitrogen and oxygen atoms in total. The predicted octanol–water partition coefficient (Wildman–Crippen LogP) is 2.16. The maximum absolute atomic E-state index is 12.7. The smallest absolute Gasteiger partial charge is 0.242 e. The first-order valence-electron chi connectivity index (χ1n) is 11.1. The fraction of sp³-hybridized carbons (Fsp3) is 0.440. The summed E-state index contributed by atoms with van der Waals surface area (Å²) in [4.78, 5) is 25.2. The predicted molar refractivity (Wildman–Crippen MR) is 125 cm³/mol. The van der Waals surface area contributed by atoms with E-state index in [0.717, 1.165) is 16.9 Å². The molecule has 0 heterocycles. The van der Waals surface area contributed by atoms with Gasteiger partial charge in [0.25, 0.3) is 0 Å². The molecule has 0 aromatic heterocycles. The summed E-state index contributed by atoms with van der Waals surface area (Å²) in [6, 6.07) is 15.9. The van der Waals surface area contributed by atoms with Crippen LogP contribution in [0.3, 0.4) is 0 Å². The molecular weight excluding hydrogens is 406 g/mol. The van der Waals surface area contributed by atoms with E-state index in [1.54, 1.807) is 0 Å². The molecule has 0 aliphatic carbocycles. The Kier molecular flexibility index (Phi) is 10.7. The van der Waals surface area contributed by atoms with Gasteiger partial charge in [-0.2, -0.15) is 0 Å². The number of benzene rings is 2. The number of aliphatic hydroxyl groups excluding tert-OH is 1. The van der Waals surface area contributed by atoms with Gasteiger partial charge in [-0.3, -0.25) is 9.59 Å². The third-order valence-corrected chi connectivity index (χ3v) is 4.94. The Labute approximate surface area is 190 Å². The summed E-state index contributed by atoms with van der Waals surface area (Å²) in [5.74, 6) is 0.359. The lowest BCUT2D eigenvalue weighted by Gasteiger charge is -2.21. The van der Waals surface area contributed by atoms with Crippen LogP contribution < -0.4 is 21.1 Å². The first kappa shape index (κ1) is 25.4. The van der Waals surface area contributed by atoms with Gasteiger partial charge in [0.2, 0.25) is 11.8 Å². The number of hydrogen-bond donors (Lipinski definition) is 4. The normalized spacial score (nSPS) is 12.8. The number of carbonyl (C=O) groups excluding carboxylic acids is 2. The molecule has 2 atom stereocenters. The van der Waals surface area contributed by atoms with Crippen molar-refractivity contribution in [3.05, 3.63) is 65.7 Å². The highest BCUT2D eigenvalue weighted by molar-refractivity contribution is 5.89. The number of ether oxygens (including phenoxy) is 1. The minimum absolute atomic E-state index is 0.0129. The molecule has 174 valence electrons. The molecule has 2 amide bonds. The molecule has 0 saturated carbocycles. The van der Waals surface area contributed by atoms with Gasteiger partial charge in [0.1, 0.15) is 18.4 Å². The number of amides is 2. The lowest BCUT2D eigenvalue weighted by Crippen LogP contribution is -2.52. The molecule has 0 saturated heterocycles. The molecule has 0 radical (unpaired) electrons. The number of carbonyl (C=O) groups is 2. The summed E-state index contributed by atoms with van der Waals surface area (Å²) in [5.41, 5.74) is 7.96. The molecule has 2 unspecified atom stereocenters. The standard InChI is InChI=1S/C25H35N3O4/c1-18(2)15-22(26)24(30)28-23(25(31)27-13-6-14-29)16-19-9-11-21(12-10-19)32-17-20-7-4-3-5-8-20/h3-5,7-12,18,22-23,29H,6,13-17,26H2,1-2H3,(H,27,31)(H,28,30). The topological polar surface area (TPSA) is 114 Å². The summed E-state index contributed by atoms with van der Waals surface area (Å²) in [7, 11) is 0. The fourth-order valence-electron chi connectivity index (χ4n) is 3.22. The molecule has 0 aliphatic heterocycles. The Hall–Kier alpha value is -2.90. The van der Waals surface area contributed by atoms with Crippen LogP contribution >= 0.6 is 0 Å². The molecule has 0 bridgehead atoms. The Morgan fingerprint density at radius 2 is 1.69 bits per heavy atom. The van der Waals surface area contributed by atoms with Crippen molar-refractivity contribution in [3.8, 4) is 5.75 Å². The zero-order valence-electron chi connectivity index (χ0n) is 18.9. The molecule has 2 aromatic carbocycles. The number of rotatable bonds is 13. The summed E-state index contributed by atoms with van der Waals surface area (Å²) in [6.45, 7) is 4.79. The minimum Gasteiger partial charge on any atom is -0.489 e. The van der Waals surface area contributed by atoms with Crippen molar-refractivity contribution >= 4 is 11.8 Å². The first-order valence-corrected chi connectivity index (χ1v) is 11.1. The van der Waals surface area contributed by atoms with E-state index >= 15 is 0 Å². The number of nitrogens with two attached hydrogens (primary N) is 1. The van der Waals surface area contributed by atoms with E-state index in [1.807, 2.05) is 68.4 Å². The Balaban J connectivity index is 2.00. The first-order chi connectivity index (χ1) is 15.4. The van der Waals surface area contributed by atoms with Gasteiger partial charge < -0.3 is 26.2 Å². The molecule has 2 aromatic rings. The molecular formula is C25H35N3O4. The maximum atomic E-state index is 12.7. The van der Waals surface area contributed by atoms with E-state index in [9.17, 15) is 9.59 Å². The SMILES string of the molecule is CC(C)CC(N)C(=O)NC(Cc1ccc(OCc2ccccc2)cc1)C(=O)NCCCO. The van der Waals surface area contributed by atoms with Crippen LogP contribution in [-0.2, 0) is 22.6 Å². The van der Waals surface area contributed by atoms with Gasteiger partial charge in [0.05, 0.1) is 6.04 Å². The van der Waals surface area contributed by atoms with Crippen LogP contribution in [0.1, 0.15) is 37.8 Å². The molecule has 2 rings (SSSR count). The second-order valence-electron chi connectivity index (χ2n) is 8.29. The van der Waals surface area contributed by atoms with Gasteiger partial charge in [-0.25, -0.2) is 0 Å². The van der Waals surface area contributed by atoms with E-state index in [2.05, 4.69) is 10.6 Å². The second-order valence-corrected chi connectivity index (χ2v) is 8.29. The molecule has 0 aliphatic rings. The third kappa shape index (κ3) is 9.08. The van der Waals surface area contributed by atoms with Crippen LogP contribution in [0, 0.1) is 5.92 Å². The van der Waals surface area contributed by atoms with Crippen molar-refractivity contribution in [2.24, 2.45) is 11.7 Å². The van der Waals surface area contributed by atoms with Crippen LogP contribution in [0.2, 0.25) is 0 Å². The fourth-order valence-corrected chi connectivity index (χ4v) is 3.22. The number of aliphatic hydroxyl groups is 1. The van der Waals surface area contributed by atoms with Crippen molar-refractivity contribution in [2.45, 2.75) is 51.8 Å². The highest BCUT2D eigenvalue weighted by Crippen LogP contribution is 2.16. The van der Waals surface area contributed by atoms with E-state index in [4.69, 9.17) is 15.6 Å². The molecule has 32 heavy (non-hydrogen) atoms. The van der Waals surface area contributed by atoms with Crippen molar-refractivity contribution in [1.29, 1.82) is 0 Å². The Bertz CT molecular complexity index is 825.